The molecule has 2 aromatic carbocycles. The third-order valence-corrected chi connectivity index (χ3v) is 4.18. The fraction of sp³-hybridized carbons (Fsp3) is 0.167. The van der Waals surface area contributed by atoms with Crippen molar-refractivity contribution in [3.05, 3.63) is 60.7 Å². The minimum atomic E-state index is 0.685. The normalized spacial score (nSPS) is 10.8. The summed E-state index contributed by atoms with van der Waals surface area (Å²) in [7, 11) is 0. The lowest BCUT2D eigenvalue weighted by atomic mass is 10.1. The highest BCUT2D eigenvalue weighted by atomic mass is 32.2. The van der Waals surface area contributed by atoms with Gasteiger partial charge >= 0.3 is 0 Å². The van der Waals surface area contributed by atoms with Gasteiger partial charge in [-0.3, -0.25) is 0 Å². The number of nitrogens with zero attached hydrogens (tertiary/aromatic N) is 1. The number of hydrogen-bond acceptors (Lipinski definition) is 4. The summed E-state index contributed by atoms with van der Waals surface area (Å²) in [5.41, 5.74) is 8.54. The van der Waals surface area contributed by atoms with E-state index >= 15 is 0 Å². The van der Waals surface area contributed by atoms with Crippen LogP contribution in [0.25, 0.3) is 22.6 Å². The minimum Gasteiger partial charge on any atom is -0.431 e. The van der Waals surface area contributed by atoms with Gasteiger partial charge in [-0.25, -0.2) is 4.98 Å². The predicted octanol–water partition coefficient (Wildman–Crippen LogP) is 4.45. The number of hydrogen-bond donors (Lipinski definition) is 1. The second-order valence-electron chi connectivity index (χ2n) is 4.88. The Hall–Kier alpha value is -2.04. The van der Waals surface area contributed by atoms with Gasteiger partial charge in [0.15, 0.2) is 5.76 Å². The number of benzene rings is 2. The average molecular weight is 310 g/mol. The Labute approximate surface area is 134 Å². The molecule has 0 saturated carbocycles. The van der Waals surface area contributed by atoms with Gasteiger partial charge in [0.05, 0.1) is 0 Å². The average Bonchev–Trinajstić information content (AvgIpc) is 3.01. The van der Waals surface area contributed by atoms with E-state index in [-0.39, 0.29) is 0 Å². The molecule has 0 aliphatic carbocycles. The summed E-state index contributed by atoms with van der Waals surface area (Å²) < 4.78 is 6.01. The van der Waals surface area contributed by atoms with Gasteiger partial charge in [0.25, 0.3) is 5.22 Å². The third-order valence-electron chi connectivity index (χ3n) is 3.26. The molecule has 0 amide bonds. The smallest absolute Gasteiger partial charge is 0.256 e. The van der Waals surface area contributed by atoms with Crippen molar-refractivity contribution in [1.29, 1.82) is 0 Å². The molecule has 0 spiro atoms. The van der Waals surface area contributed by atoms with E-state index in [1.54, 1.807) is 11.8 Å². The summed E-state index contributed by atoms with van der Waals surface area (Å²) in [5.74, 6) is 1.74. The summed E-state index contributed by atoms with van der Waals surface area (Å²) in [6.07, 6.45) is 0.953. The van der Waals surface area contributed by atoms with Crippen LogP contribution in [0.3, 0.4) is 0 Å². The van der Waals surface area contributed by atoms with Crippen LogP contribution >= 0.6 is 11.8 Å². The summed E-state index contributed by atoms with van der Waals surface area (Å²) in [6.45, 7) is 0.685. The van der Waals surface area contributed by atoms with E-state index in [1.165, 1.54) is 0 Å². The van der Waals surface area contributed by atoms with Gasteiger partial charge in [-0.1, -0.05) is 72.4 Å². The molecule has 0 radical (unpaired) electrons. The Morgan fingerprint density at radius 1 is 0.909 bits per heavy atom. The maximum absolute atomic E-state index is 6.01. The molecular formula is C18H18N2OS. The van der Waals surface area contributed by atoms with E-state index in [0.717, 1.165) is 34.8 Å². The molecule has 0 fully saturated rings. The van der Waals surface area contributed by atoms with Gasteiger partial charge < -0.3 is 10.2 Å². The Morgan fingerprint density at radius 2 is 1.55 bits per heavy atom. The first-order valence-corrected chi connectivity index (χ1v) is 8.31. The molecule has 0 saturated heterocycles. The van der Waals surface area contributed by atoms with Crippen molar-refractivity contribution in [3.63, 3.8) is 0 Å². The molecule has 1 heterocycles. The Kier molecular flexibility index (Phi) is 4.93. The van der Waals surface area contributed by atoms with Crippen LogP contribution in [0.1, 0.15) is 6.42 Å². The lowest BCUT2D eigenvalue weighted by Crippen LogP contribution is -1.99. The van der Waals surface area contributed by atoms with Crippen molar-refractivity contribution < 1.29 is 4.42 Å². The van der Waals surface area contributed by atoms with Crippen LogP contribution in [-0.4, -0.2) is 17.3 Å². The zero-order chi connectivity index (χ0) is 15.2. The molecule has 0 bridgehead atoms. The standard InChI is InChI=1S/C18H18N2OS/c19-12-7-13-22-18-20-16(14-8-3-1-4-9-14)17(21-18)15-10-5-2-6-11-15/h1-6,8-11H,7,12-13,19H2. The minimum absolute atomic E-state index is 0.685. The number of nitrogens with two attached hydrogens (primary N) is 1. The summed E-state index contributed by atoms with van der Waals surface area (Å²) in [6, 6.07) is 20.2. The van der Waals surface area contributed by atoms with Crippen molar-refractivity contribution in [2.45, 2.75) is 11.6 Å². The number of aromatic nitrogens is 1. The van der Waals surface area contributed by atoms with Crippen molar-refractivity contribution in [2.24, 2.45) is 5.73 Å². The second-order valence-corrected chi connectivity index (χ2v) is 5.93. The van der Waals surface area contributed by atoms with Crippen LogP contribution in [0.15, 0.2) is 70.3 Å². The van der Waals surface area contributed by atoms with Crippen LogP contribution in [-0.2, 0) is 0 Å². The predicted molar refractivity (Wildman–Crippen MR) is 91.8 cm³/mol. The van der Waals surface area contributed by atoms with Crippen LogP contribution in [0.4, 0.5) is 0 Å². The lowest BCUT2D eigenvalue weighted by Gasteiger charge is -2.00. The number of thioether (sulfide) groups is 1. The molecule has 2 N–H and O–H groups in total. The molecular weight excluding hydrogens is 292 g/mol. The highest BCUT2D eigenvalue weighted by Crippen LogP contribution is 2.35. The quantitative estimate of drug-likeness (QED) is 0.540. The van der Waals surface area contributed by atoms with Crippen molar-refractivity contribution in [2.75, 3.05) is 12.3 Å². The first-order valence-electron chi connectivity index (χ1n) is 7.33. The van der Waals surface area contributed by atoms with Crippen molar-refractivity contribution in [3.8, 4) is 22.6 Å². The summed E-state index contributed by atoms with van der Waals surface area (Å²) in [4.78, 5) is 4.68. The molecule has 3 aromatic rings. The van der Waals surface area contributed by atoms with E-state index in [9.17, 15) is 0 Å². The zero-order valence-corrected chi connectivity index (χ0v) is 13.1. The lowest BCUT2D eigenvalue weighted by molar-refractivity contribution is 0.466. The van der Waals surface area contributed by atoms with Crippen LogP contribution in [0.5, 0.6) is 0 Å². The van der Waals surface area contributed by atoms with Gasteiger partial charge in [0.2, 0.25) is 0 Å². The van der Waals surface area contributed by atoms with Crippen LogP contribution in [0, 0.1) is 0 Å². The zero-order valence-electron chi connectivity index (χ0n) is 12.2. The first kappa shape index (κ1) is 14.9. The van der Waals surface area contributed by atoms with Crippen molar-refractivity contribution >= 4 is 11.8 Å². The molecule has 4 heteroatoms. The van der Waals surface area contributed by atoms with E-state index in [0.29, 0.717) is 11.8 Å². The molecule has 0 unspecified atom stereocenters. The fourth-order valence-electron chi connectivity index (χ4n) is 2.18. The molecule has 0 atom stereocenters. The largest absolute Gasteiger partial charge is 0.431 e. The number of rotatable bonds is 6. The second kappa shape index (κ2) is 7.29. The third kappa shape index (κ3) is 3.40. The SMILES string of the molecule is NCCCSc1nc(-c2ccccc2)c(-c2ccccc2)o1. The van der Waals surface area contributed by atoms with Gasteiger partial charge in [-0.2, -0.15) is 0 Å². The topological polar surface area (TPSA) is 52.0 Å². The molecule has 112 valence electrons. The van der Waals surface area contributed by atoms with E-state index in [4.69, 9.17) is 10.2 Å². The van der Waals surface area contributed by atoms with E-state index < -0.39 is 0 Å². The fourth-order valence-corrected chi connectivity index (χ4v) is 2.97. The monoisotopic (exact) mass is 310 g/mol. The maximum atomic E-state index is 6.01. The molecule has 22 heavy (non-hydrogen) atoms. The summed E-state index contributed by atoms with van der Waals surface area (Å²) in [5, 5.41) is 0.700. The molecule has 3 nitrogen and oxygen atoms in total. The van der Waals surface area contributed by atoms with E-state index in [2.05, 4.69) is 17.1 Å². The van der Waals surface area contributed by atoms with Gasteiger partial charge in [-0.15, -0.1) is 0 Å². The maximum Gasteiger partial charge on any atom is 0.256 e. The Morgan fingerprint density at radius 3 is 2.18 bits per heavy atom. The summed E-state index contributed by atoms with van der Waals surface area (Å²) >= 11 is 1.61. The molecule has 3 rings (SSSR count). The van der Waals surface area contributed by atoms with Gasteiger partial charge in [-0.05, 0) is 13.0 Å². The van der Waals surface area contributed by atoms with E-state index in [1.807, 2.05) is 48.5 Å². The first-order chi connectivity index (χ1) is 10.9. The van der Waals surface area contributed by atoms with Crippen LogP contribution < -0.4 is 5.73 Å². The van der Waals surface area contributed by atoms with Gasteiger partial charge in [0, 0.05) is 16.9 Å². The highest BCUT2D eigenvalue weighted by Gasteiger charge is 2.16. The Balaban J connectivity index is 1.99. The van der Waals surface area contributed by atoms with Crippen LogP contribution in [0.2, 0.25) is 0 Å². The molecule has 0 aliphatic rings. The van der Waals surface area contributed by atoms with Gasteiger partial charge in [0.1, 0.15) is 5.69 Å². The molecule has 1 aromatic heterocycles. The van der Waals surface area contributed by atoms with Crippen molar-refractivity contribution in [1.82, 2.24) is 4.98 Å². The molecule has 0 aliphatic heterocycles. The highest BCUT2D eigenvalue weighted by molar-refractivity contribution is 7.99. The number of oxazole rings is 1. The Bertz CT molecular complexity index is 653.